The van der Waals surface area contributed by atoms with Crippen molar-refractivity contribution in [3.05, 3.63) is 21.4 Å². The highest BCUT2D eigenvalue weighted by molar-refractivity contribution is 7.14. The first-order chi connectivity index (χ1) is 10.5. The van der Waals surface area contributed by atoms with Crippen LogP contribution in [0.1, 0.15) is 59.1 Å². The highest BCUT2D eigenvalue weighted by Crippen LogP contribution is 2.32. The molecule has 2 aliphatic rings. The van der Waals surface area contributed by atoms with Crippen molar-refractivity contribution in [1.29, 1.82) is 0 Å². The Morgan fingerprint density at radius 1 is 1.23 bits per heavy atom. The van der Waals surface area contributed by atoms with Crippen molar-refractivity contribution in [1.82, 2.24) is 5.32 Å². The van der Waals surface area contributed by atoms with Crippen molar-refractivity contribution in [2.24, 2.45) is 17.6 Å². The van der Waals surface area contributed by atoms with Gasteiger partial charge in [0.25, 0.3) is 5.91 Å². The molecule has 1 heterocycles. The van der Waals surface area contributed by atoms with Crippen LogP contribution >= 0.6 is 11.3 Å². The molecule has 0 saturated heterocycles. The Morgan fingerprint density at radius 3 is 2.64 bits per heavy atom. The molecule has 3 rings (SSSR count). The molecule has 4 nitrogen and oxygen atoms in total. The molecule has 0 spiro atoms. The van der Waals surface area contributed by atoms with Crippen LogP contribution < -0.4 is 11.1 Å². The molecule has 0 aliphatic heterocycles. The molecule has 0 bridgehead atoms. The lowest BCUT2D eigenvalue weighted by atomic mass is 9.85. The normalized spacial score (nSPS) is 28.0. The zero-order valence-corrected chi connectivity index (χ0v) is 13.9. The number of carbonyl (C=O) groups is 2. The van der Waals surface area contributed by atoms with Crippen molar-refractivity contribution in [3.8, 4) is 0 Å². The monoisotopic (exact) mass is 320 g/mol. The second-order valence-electron chi connectivity index (χ2n) is 6.83. The summed E-state index contributed by atoms with van der Waals surface area (Å²) in [5.74, 6) is 0.560. The predicted octanol–water partition coefficient (Wildman–Crippen LogP) is 2.65. The molecule has 1 atom stereocenters. The summed E-state index contributed by atoms with van der Waals surface area (Å²) >= 11 is 1.65. The lowest BCUT2D eigenvalue weighted by molar-refractivity contribution is -0.122. The van der Waals surface area contributed by atoms with E-state index < -0.39 is 0 Å². The minimum absolute atomic E-state index is 0.0105. The fourth-order valence-electron chi connectivity index (χ4n) is 3.60. The van der Waals surface area contributed by atoms with Crippen LogP contribution in [0.2, 0.25) is 0 Å². The summed E-state index contributed by atoms with van der Waals surface area (Å²) in [5.41, 5.74) is 6.71. The van der Waals surface area contributed by atoms with Crippen LogP contribution in [0.4, 0.5) is 0 Å². The van der Waals surface area contributed by atoms with Crippen molar-refractivity contribution in [2.45, 2.75) is 57.9 Å². The van der Waals surface area contributed by atoms with E-state index in [1.54, 1.807) is 11.3 Å². The Hall–Kier alpha value is -1.36. The maximum Gasteiger partial charge on any atom is 0.261 e. The van der Waals surface area contributed by atoms with E-state index in [4.69, 9.17) is 5.73 Å². The number of hydrogen-bond acceptors (Lipinski definition) is 3. The molecule has 0 radical (unpaired) electrons. The minimum atomic E-state index is -0.204. The van der Waals surface area contributed by atoms with Crippen molar-refractivity contribution >= 4 is 23.2 Å². The first-order valence-corrected chi connectivity index (χ1v) is 9.06. The second kappa shape index (κ2) is 6.41. The molecule has 3 N–H and O–H groups in total. The summed E-state index contributed by atoms with van der Waals surface area (Å²) in [4.78, 5) is 25.8. The number of nitrogens with one attached hydrogen (secondary N) is 1. The summed E-state index contributed by atoms with van der Waals surface area (Å²) in [6.45, 7) is 2.28. The number of nitrogens with two attached hydrogens (primary N) is 1. The quantitative estimate of drug-likeness (QED) is 0.898. The van der Waals surface area contributed by atoms with Crippen LogP contribution in [0.25, 0.3) is 0 Å². The number of amides is 2. The van der Waals surface area contributed by atoms with E-state index in [0.717, 1.165) is 49.3 Å². The fraction of sp³-hybridized carbons (Fsp3) is 0.647. The maximum atomic E-state index is 12.4. The smallest absolute Gasteiger partial charge is 0.261 e. The molecule has 22 heavy (non-hydrogen) atoms. The summed E-state index contributed by atoms with van der Waals surface area (Å²) in [6.07, 6.45) is 6.72. The molecular weight excluding hydrogens is 296 g/mol. The van der Waals surface area contributed by atoms with Gasteiger partial charge in [-0.2, -0.15) is 0 Å². The maximum absolute atomic E-state index is 12.4. The molecule has 1 fully saturated rings. The van der Waals surface area contributed by atoms with Gasteiger partial charge in [0.05, 0.1) is 4.88 Å². The zero-order valence-electron chi connectivity index (χ0n) is 13.1. The average molecular weight is 320 g/mol. The Morgan fingerprint density at radius 2 is 1.95 bits per heavy atom. The standard InChI is InChI=1S/C17H24N2O2S/c1-10-2-7-14-12(8-10)9-15(22-14)17(21)19-13-5-3-11(4-6-13)16(18)20/h9-11,13H,2-8H2,1H3,(H2,18,20)(H,19,21)/t10-,11?,13?/m1/s1. The van der Waals surface area contributed by atoms with E-state index in [1.165, 1.54) is 16.9 Å². The molecule has 2 aliphatic carbocycles. The molecule has 1 saturated carbocycles. The van der Waals surface area contributed by atoms with Gasteiger partial charge in [-0.3, -0.25) is 9.59 Å². The predicted molar refractivity (Wildman–Crippen MR) is 87.9 cm³/mol. The first-order valence-electron chi connectivity index (χ1n) is 8.24. The second-order valence-corrected chi connectivity index (χ2v) is 7.97. The van der Waals surface area contributed by atoms with Crippen LogP contribution in [0, 0.1) is 11.8 Å². The van der Waals surface area contributed by atoms with Gasteiger partial charge in [0.1, 0.15) is 0 Å². The SMILES string of the molecule is C[C@@H]1CCc2sc(C(=O)NC3CCC(C(N)=O)CC3)cc2C1. The molecule has 0 unspecified atom stereocenters. The van der Waals surface area contributed by atoms with Gasteiger partial charge < -0.3 is 11.1 Å². The van der Waals surface area contributed by atoms with Gasteiger partial charge in [-0.1, -0.05) is 6.92 Å². The van der Waals surface area contributed by atoms with E-state index in [2.05, 4.69) is 18.3 Å². The molecule has 0 aromatic carbocycles. The highest BCUT2D eigenvalue weighted by atomic mass is 32.1. The van der Waals surface area contributed by atoms with Gasteiger partial charge >= 0.3 is 0 Å². The molecule has 2 amide bonds. The van der Waals surface area contributed by atoms with Crippen LogP contribution in [-0.2, 0) is 17.6 Å². The number of carbonyl (C=O) groups excluding carboxylic acids is 2. The van der Waals surface area contributed by atoms with Gasteiger partial charge in [0, 0.05) is 16.8 Å². The Balaban J connectivity index is 1.58. The third-order valence-corrected chi connectivity index (χ3v) is 6.25. The Kier molecular flexibility index (Phi) is 4.52. The van der Waals surface area contributed by atoms with Crippen molar-refractivity contribution in [2.75, 3.05) is 0 Å². The number of fused-ring (bicyclic) bond motifs is 1. The molecular formula is C17H24N2O2S. The molecule has 1 aromatic heterocycles. The number of rotatable bonds is 3. The Labute approximate surface area is 135 Å². The average Bonchev–Trinajstić information content (AvgIpc) is 2.91. The zero-order chi connectivity index (χ0) is 15.7. The van der Waals surface area contributed by atoms with E-state index in [0.29, 0.717) is 0 Å². The summed E-state index contributed by atoms with van der Waals surface area (Å²) in [7, 11) is 0. The van der Waals surface area contributed by atoms with E-state index >= 15 is 0 Å². The van der Waals surface area contributed by atoms with Crippen LogP contribution in [0.5, 0.6) is 0 Å². The third kappa shape index (κ3) is 3.35. The number of aryl methyl sites for hydroxylation is 1. The lowest BCUT2D eigenvalue weighted by Gasteiger charge is -2.27. The summed E-state index contributed by atoms with van der Waals surface area (Å²) < 4.78 is 0. The molecule has 5 heteroatoms. The van der Waals surface area contributed by atoms with Gasteiger partial charge in [-0.25, -0.2) is 0 Å². The lowest BCUT2D eigenvalue weighted by Crippen LogP contribution is -2.39. The van der Waals surface area contributed by atoms with Gasteiger partial charge in [-0.15, -0.1) is 11.3 Å². The largest absolute Gasteiger partial charge is 0.369 e. The highest BCUT2D eigenvalue weighted by Gasteiger charge is 2.27. The first kappa shape index (κ1) is 15.5. The van der Waals surface area contributed by atoms with E-state index in [9.17, 15) is 9.59 Å². The number of thiophene rings is 1. The number of hydrogen-bond donors (Lipinski definition) is 2. The van der Waals surface area contributed by atoms with Gasteiger partial charge in [0.2, 0.25) is 5.91 Å². The fourth-order valence-corrected chi connectivity index (χ4v) is 4.71. The summed E-state index contributed by atoms with van der Waals surface area (Å²) in [6, 6.07) is 2.26. The van der Waals surface area contributed by atoms with Crippen LogP contribution in [0.3, 0.4) is 0 Å². The third-order valence-electron chi connectivity index (χ3n) is 5.02. The Bertz CT molecular complexity index is 573. The van der Waals surface area contributed by atoms with Gasteiger partial charge in [-0.05, 0) is 62.5 Å². The topological polar surface area (TPSA) is 72.2 Å². The number of primary amides is 1. The van der Waals surface area contributed by atoms with Crippen molar-refractivity contribution in [3.63, 3.8) is 0 Å². The van der Waals surface area contributed by atoms with Crippen molar-refractivity contribution < 1.29 is 9.59 Å². The molecule has 1 aromatic rings. The van der Waals surface area contributed by atoms with Crippen LogP contribution in [0.15, 0.2) is 6.07 Å². The van der Waals surface area contributed by atoms with E-state index in [-0.39, 0.29) is 23.8 Å². The summed E-state index contributed by atoms with van der Waals surface area (Å²) in [5, 5.41) is 3.13. The van der Waals surface area contributed by atoms with E-state index in [1.807, 2.05) is 0 Å². The van der Waals surface area contributed by atoms with Crippen LogP contribution in [-0.4, -0.2) is 17.9 Å². The minimum Gasteiger partial charge on any atom is -0.369 e. The van der Waals surface area contributed by atoms with Gasteiger partial charge in [0.15, 0.2) is 0 Å². The molecule has 120 valence electrons.